The molecule has 0 atom stereocenters. The summed E-state index contributed by atoms with van der Waals surface area (Å²) in [6.45, 7) is 2.36. The molecule has 31 heavy (non-hydrogen) atoms. The maximum atomic E-state index is 13.0. The van der Waals surface area contributed by atoms with E-state index in [4.69, 9.17) is 16.3 Å². The Morgan fingerprint density at radius 2 is 1.48 bits per heavy atom. The fourth-order valence-electron chi connectivity index (χ4n) is 2.90. The topological polar surface area (TPSA) is 93.2 Å². The van der Waals surface area contributed by atoms with Crippen LogP contribution in [0.2, 0.25) is 5.02 Å². The van der Waals surface area contributed by atoms with Crippen molar-refractivity contribution < 1.29 is 13.2 Å². The molecule has 0 aliphatic carbocycles. The van der Waals surface area contributed by atoms with Crippen molar-refractivity contribution in [3.05, 3.63) is 77.8 Å². The van der Waals surface area contributed by atoms with E-state index in [0.717, 1.165) is 0 Å². The Morgan fingerprint density at radius 1 is 0.871 bits per heavy atom. The van der Waals surface area contributed by atoms with Crippen LogP contribution in [0.25, 0.3) is 11.0 Å². The average molecular weight is 455 g/mol. The number of hydrogen-bond acceptors (Lipinski definition) is 6. The summed E-state index contributed by atoms with van der Waals surface area (Å²) in [4.78, 5) is 9.12. The lowest BCUT2D eigenvalue weighted by atomic mass is 10.3. The zero-order valence-corrected chi connectivity index (χ0v) is 18.1. The monoisotopic (exact) mass is 454 g/mol. The number of sulfonamides is 1. The molecule has 0 unspecified atom stereocenters. The van der Waals surface area contributed by atoms with Crippen molar-refractivity contribution in [2.45, 2.75) is 11.8 Å². The molecule has 0 amide bonds. The predicted molar refractivity (Wildman–Crippen MR) is 123 cm³/mol. The summed E-state index contributed by atoms with van der Waals surface area (Å²) in [6.07, 6.45) is 0. The first-order valence-electron chi connectivity index (χ1n) is 9.49. The number of halogens is 1. The molecule has 3 aromatic carbocycles. The Bertz CT molecular complexity index is 1310. The molecule has 4 rings (SSSR count). The van der Waals surface area contributed by atoms with E-state index in [2.05, 4.69) is 20.0 Å². The second kappa shape index (κ2) is 8.79. The maximum Gasteiger partial charge on any atom is 0.263 e. The molecule has 158 valence electrons. The summed E-state index contributed by atoms with van der Waals surface area (Å²) >= 11 is 5.95. The van der Waals surface area contributed by atoms with Gasteiger partial charge >= 0.3 is 0 Å². The Labute approximate surface area is 185 Å². The minimum absolute atomic E-state index is 0.0857. The Kier molecular flexibility index (Phi) is 5.92. The van der Waals surface area contributed by atoms with Crippen molar-refractivity contribution >= 4 is 50.0 Å². The highest BCUT2D eigenvalue weighted by atomic mass is 35.5. The van der Waals surface area contributed by atoms with Crippen LogP contribution in [0.1, 0.15) is 6.92 Å². The fraction of sp³-hybridized carbons (Fsp3) is 0.0909. The summed E-state index contributed by atoms with van der Waals surface area (Å²) < 4.78 is 33.9. The SMILES string of the molecule is CCOc1ccc(S(=O)(=O)Nc2nc3ccccc3nc2Nc2ccc(Cl)cc2)cc1. The molecule has 9 heteroatoms. The van der Waals surface area contributed by atoms with E-state index in [0.29, 0.717) is 34.1 Å². The fourth-order valence-corrected chi connectivity index (χ4v) is 4.03. The smallest absolute Gasteiger partial charge is 0.263 e. The molecule has 0 aliphatic rings. The van der Waals surface area contributed by atoms with Gasteiger partial charge in [-0.3, -0.25) is 4.72 Å². The summed E-state index contributed by atoms with van der Waals surface area (Å²) in [5.74, 6) is 0.954. The van der Waals surface area contributed by atoms with Gasteiger partial charge in [0, 0.05) is 10.7 Å². The van der Waals surface area contributed by atoms with Crippen molar-refractivity contribution in [1.29, 1.82) is 0 Å². The van der Waals surface area contributed by atoms with E-state index >= 15 is 0 Å². The van der Waals surface area contributed by atoms with Crippen molar-refractivity contribution in [3.8, 4) is 5.75 Å². The van der Waals surface area contributed by atoms with Crippen LogP contribution in [-0.4, -0.2) is 25.0 Å². The maximum absolute atomic E-state index is 13.0. The summed E-state index contributed by atoms with van der Waals surface area (Å²) in [7, 11) is -3.90. The van der Waals surface area contributed by atoms with Crippen molar-refractivity contribution in [1.82, 2.24) is 9.97 Å². The van der Waals surface area contributed by atoms with Crippen molar-refractivity contribution in [2.24, 2.45) is 0 Å². The number of para-hydroxylation sites is 2. The molecule has 1 heterocycles. The van der Waals surface area contributed by atoms with Gasteiger partial charge in [0.25, 0.3) is 10.0 Å². The van der Waals surface area contributed by atoms with Crippen LogP contribution in [0, 0.1) is 0 Å². The number of ether oxygens (including phenoxy) is 1. The first-order valence-corrected chi connectivity index (χ1v) is 11.4. The summed E-state index contributed by atoms with van der Waals surface area (Å²) in [6, 6.07) is 20.4. The predicted octanol–water partition coefficient (Wildman–Crippen LogP) is 5.23. The second-order valence-electron chi connectivity index (χ2n) is 6.55. The molecular formula is C22H19ClN4O3S. The number of benzene rings is 3. The van der Waals surface area contributed by atoms with Gasteiger partial charge in [-0.1, -0.05) is 23.7 Å². The van der Waals surface area contributed by atoms with Crippen molar-refractivity contribution in [3.63, 3.8) is 0 Å². The number of aromatic nitrogens is 2. The highest BCUT2D eigenvalue weighted by Crippen LogP contribution is 2.28. The van der Waals surface area contributed by atoms with E-state index in [9.17, 15) is 8.42 Å². The van der Waals surface area contributed by atoms with Gasteiger partial charge in [-0.05, 0) is 67.6 Å². The van der Waals surface area contributed by atoms with Crippen molar-refractivity contribution in [2.75, 3.05) is 16.6 Å². The van der Waals surface area contributed by atoms with Gasteiger partial charge in [0.15, 0.2) is 11.6 Å². The lowest BCUT2D eigenvalue weighted by Gasteiger charge is -2.14. The van der Waals surface area contributed by atoms with Crippen LogP contribution in [0.5, 0.6) is 5.75 Å². The summed E-state index contributed by atoms with van der Waals surface area (Å²) in [5, 5.41) is 3.70. The lowest BCUT2D eigenvalue weighted by Crippen LogP contribution is -2.16. The lowest BCUT2D eigenvalue weighted by molar-refractivity contribution is 0.340. The first kappa shape index (κ1) is 20.9. The normalized spacial score (nSPS) is 11.3. The highest BCUT2D eigenvalue weighted by Gasteiger charge is 2.19. The number of rotatable bonds is 7. The van der Waals surface area contributed by atoms with Crippen LogP contribution in [0.4, 0.5) is 17.3 Å². The standard InChI is InChI=1S/C22H19ClN4O3S/c1-2-30-17-11-13-18(14-12-17)31(28,29)27-22-21(24-16-9-7-15(23)8-10-16)25-19-5-3-4-6-20(19)26-22/h3-14H,2H2,1H3,(H,24,25)(H,26,27). The van der Waals surface area contributed by atoms with Crippen LogP contribution in [-0.2, 0) is 10.0 Å². The van der Waals surface area contributed by atoms with Crippen LogP contribution < -0.4 is 14.8 Å². The Hall–Kier alpha value is -3.36. The molecule has 0 radical (unpaired) electrons. The van der Waals surface area contributed by atoms with E-state index in [1.54, 1.807) is 48.5 Å². The van der Waals surface area contributed by atoms with Gasteiger partial charge in [-0.25, -0.2) is 18.4 Å². The molecule has 0 bridgehead atoms. The zero-order chi connectivity index (χ0) is 21.8. The Balaban J connectivity index is 1.71. The molecule has 4 aromatic rings. The summed E-state index contributed by atoms with van der Waals surface area (Å²) in [5.41, 5.74) is 1.88. The van der Waals surface area contributed by atoms with E-state index < -0.39 is 10.0 Å². The number of nitrogens with one attached hydrogen (secondary N) is 2. The van der Waals surface area contributed by atoms with Crippen LogP contribution in [0.3, 0.4) is 0 Å². The molecule has 0 saturated heterocycles. The first-order chi connectivity index (χ1) is 14.9. The van der Waals surface area contributed by atoms with Gasteiger partial charge in [0.1, 0.15) is 5.75 Å². The second-order valence-corrected chi connectivity index (χ2v) is 8.67. The molecule has 2 N–H and O–H groups in total. The van der Waals surface area contributed by atoms with E-state index in [-0.39, 0.29) is 16.5 Å². The van der Waals surface area contributed by atoms with Gasteiger partial charge in [0.2, 0.25) is 0 Å². The Morgan fingerprint density at radius 3 is 2.10 bits per heavy atom. The average Bonchev–Trinajstić information content (AvgIpc) is 2.76. The number of hydrogen-bond donors (Lipinski definition) is 2. The third-order valence-corrected chi connectivity index (χ3v) is 5.96. The third-order valence-electron chi connectivity index (χ3n) is 4.35. The van der Waals surface area contributed by atoms with Crippen LogP contribution >= 0.6 is 11.6 Å². The largest absolute Gasteiger partial charge is 0.494 e. The number of anilines is 3. The molecule has 0 spiro atoms. The van der Waals surface area contributed by atoms with Crippen LogP contribution in [0.15, 0.2) is 77.7 Å². The minimum atomic E-state index is -3.90. The quantitative estimate of drug-likeness (QED) is 0.397. The molecular weight excluding hydrogens is 436 g/mol. The van der Waals surface area contributed by atoms with Gasteiger partial charge in [-0.2, -0.15) is 0 Å². The molecule has 0 saturated carbocycles. The van der Waals surface area contributed by atoms with E-state index in [1.807, 2.05) is 19.1 Å². The highest BCUT2D eigenvalue weighted by molar-refractivity contribution is 7.92. The van der Waals surface area contributed by atoms with Gasteiger partial charge in [0.05, 0.1) is 22.5 Å². The van der Waals surface area contributed by atoms with E-state index in [1.165, 1.54) is 12.1 Å². The minimum Gasteiger partial charge on any atom is -0.494 e. The van der Waals surface area contributed by atoms with Gasteiger partial charge in [-0.15, -0.1) is 0 Å². The zero-order valence-electron chi connectivity index (χ0n) is 16.5. The third kappa shape index (κ3) is 4.87. The molecule has 0 fully saturated rings. The van der Waals surface area contributed by atoms with Gasteiger partial charge < -0.3 is 10.1 Å². The molecule has 7 nitrogen and oxygen atoms in total. The molecule has 1 aromatic heterocycles. The number of fused-ring (bicyclic) bond motifs is 1. The number of nitrogens with zero attached hydrogens (tertiary/aromatic N) is 2. The molecule has 0 aliphatic heterocycles.